The molecular formula is C21H20ClN3OS. The van der Waals surface area contributed by atoms with Crippen LogP contribution in [0.25, 0.3) is 10.6 Å². The van der Waals surface area contributed by atoms with Crippen LogP contribution in [-0.2, 0) is 0 Å². The van der Waals surface area contributed by atoms with Gasteiger partial charge in [-0.25, -0.2) is 0 Å². The van der Waals surface area contributed by atoms with E-state index >= 15 is 0 Å². The quantitative estimate of drug-likeness (QED) is 0.562. The van der Waals surface area contributed by atoms with E-state index in [1.807, 2.05) is 17.0 Å². The first-order valence-electron chi connectivity index (χ1n) is 9.11. The van der Waals surface area contributed by atoms with Crippen LogP contribution in [0.15, 0.2) is 48.5 Å². The summed E-state index contributed by atoms with van der Waals surface area (Å²) in [6.07, 6.45) is 4.25. The molecule has 2 aromatic carbocycles. The van der Waals surface area contributed by atoms with Gasteiger partial charge in [-0.2, -0.15) is 0 Å². The predicted octanol–water partition coefficient (Wildman–Crippen LogP) is 5.76. The lowest BCUT2D eigenvalue weighted by Crippen LogP contribution is -2.39. The van der Waals surface area contributed by atoms with Crippen molar-refractivity contribution in [2.24, 2.45) is 0 Å². The molecule has 1 aliphatic rings. The Balaban J connectivity index is 1.70. The molecule has 6 heteroatoms. The summed E-state index contributed by atoms with van der Waals surface area (Å²) in [6, 6.07) is 15.4. The van der Waals surface area contributed by atoms with E-state index in [9.17, 15) is 4.79 Å². The zero-order valence-corrected chi connectivity index (χ0v) is 16.6. The zero-order chi connectivity index (χ0) is 18.8. The molecule has 4 nitrogen and oxygen atoms in total. The van der Waals surface area contributed by atoms with Crippen LogP contribution in [0.1, 0.15) is 41.6 Å². The van der Waals surface area contributed by atoms with Crippen LogP contribution in [0.4, 0.5) is 5.13 Å². The Hall–Kier alpha value is -2.24. The summed E-state index contributed by atoms with van der Waals surface area (Å²) in [4.78, 5) is 15.1. The summed E-state index contributed by atoms with van der Waals surface area (Å²) in [6.45, 7) is 2.05. The fraction of sp³-hybridized carbons (Fsp3) is 0.286. The van der Waals surface area contributed by atoms with E-state index in [1.165, 1.54) is 16.9 Å². The molecule has 138 valence electrons. The van der Waals surface area contributed by atoms with Gasteiger partial charge in [0, 0.05) is 22.2 Å². The van der Waals surface area contributed by atoms with Crippen molar-refractivity contribution < 1.29 is 4.79 Å². The van der Waals surface area contributed by atoms with Crippen molar-refractivity contribution in [2.75, 3.05) is 4.90 Å². The second kappa shape index (κ2) is 7.79. The molecule has 0 atom stereocenters. The molecule has 0 spiro atoms. The SMILES string of the molecule is Cc1cccc(-c2nnc(N(C(=O)c3cccc(Cl)c3)C3CCCC3)s2)c1. The lowest BCUT2D eigenvalue weighted by molar-refractivity contribution is 0.0976. The number of carbonyl (C=O) groups excluding carboxylic acids is 1. The van der Waals surface area contributed by atoms with Crippen molar-refractivity contribution in [3.05, 3.63) is 64.7 Å². The number of rotatable bonds is 4. The van der Waals surface area contributed by atoms with Gasteiger partial charge < -0.3 is 0 Å². The van der Waals surface area contributed by atoms with E-state index in [-0.39, 0.29) is 11.9 Å². The Morgan fingerprint density at radius 2 is 1.89 bits per heavy atom. The lowest BCUT2D eigenvalue weighted by atomic mass is 10.1. The van der Waals surface area contributed by atoms with Gasteiger partial charge in [-0.05, 0) is 44.0 Å². The number of anilines is 1. The molecule has 0 N–H and O–H groups in total. The van der Waals surface area contributed by atoms with Gasteiger partial charge in [-0.3, -0.25) is 9.69 Å². The molecule has 0 unspecified atom stereocenters. The Kier molecular flexibility index (Phi) is 5.23. The molecule has 1 aromatic heterocycles. The molecule has 1 heterocycles. The van der Waals surface area contributed by atoms with Gasteiger partial charge in [0.25, 0.3) is 5.91 Å². The summed E-state index contributed by atoms with van der Waals surface area (Å²) in [5, 5.41) is 10.8. The summed E-state index contributed by atoms with van der Waals surface area (Å²) in [5.41, 5.74) is 2.79. The molecule has 1 saturated carbocycles. The van der Waals surface area contributed by atoms with Crippen molar-refractivity contribution in [1.29, 1.82) is 0 Å². The molecule has 1 aliphatic carbocycles. The second-order valence-corrected chi connectivity index (χ2v) is 8.28. The number of nitrogens with zero attached hydrogens (tertiary/aromatic N) is 3. The first-order valence-corrected chi connectivity index (χ1v) is 10.3. The Bertz CT molecular complexity index is 965. The van der Waals surface area contributed by atoms with E-state index < -0.39 is 0 Å². The highest BCUT2D eigenvalue weighted by Gasteiger charge is 2.31. The molecule has 0 radical (unpaired) electrons. The molecule has 3 aromatic rings. The summed E-state index contributed by atoms with van der Waals surface area (Å²) in [7, 11) is 0. The molecular weight excluding hydrogens is 378 g/mol. The molecule has 1 fully saturated rings. The summed E-state index contributed by atoms with van der Waals surface area (Å²) in [5.74, 6) is -0.0589. The average molecular weight is 398 g/mol. The first kappa shape index (κ1) is 18.1. The molecule has 0 saturated heterocycles. The third-order valence-corrected chi connectivity index (χ3v) is 6.07. The summed E-state index contributed by atoms with van der Waals surface area (Å²) >= 11 is 7.57. The number of hydrogen-bond donors (Lipinski definition) is 0. The number of aryl methyl sites for hydroxylation is 1. The smallest absolute Gasteiger partial charge is 0.260 e. The fourth-order valence-corrected chi connectivity index (χ4v) is 4.64. The number of halogens is 1. The number of carbonyl (C=O) groups is 1. The van der Waals surface area contributed by atoms with Crippen LogP contribution >= 0.6 is 22.9 Å². The normalized spacial score (nSPS) is 14.4. The van der Waals surface area contributed by atoms with Gasteiger partial charge in [0.1, 0.15) is 5.01 Å². The predicted molar refractivity (Wildman–Crippen MR) is 111 cm³/mol. The number of benzene rings is 2. The van der Waals surface area contributed by atoms with E-state index in [4.69, 9.17) is 11.6 Å². The largest absolute Gasteiger partial charge is 0.279 e. The van der Waals surface area contributed by atoms with Gasteiger partial charge in [-0.15, -0.1) is 10.2 Å². The van der Waals surface area contributed by atoms with Gasteiger partial charge in [0.05, 0.1) is 0 Å². The van der Waals surface area contributed by atoms with Crippen molar-refractivity contribution in [3.8, 4) is 10.6 Å². The standard InChI is InChI=1S/C21H20ClN3OS/c1-14-6-4-7-15(12-14)19-23-24-21(27-19)25(18-10-2-3-11-18)20(26)16-8-5-9-17(22)13-16/h4-9,12-13,18H,2-3,10-11H2,1H3. The van der Waals surface area contributed by atoms with E-state index in [0.717, 1.165) is 36.3 Å². The minimum Gasteiger partial charge on any atom is -0.279 e. The van der Waals surface area contributed by atoms with E-state index in [0.29, 0.717) is 15.7 Å². The average Bonchev–Trinajstić information content (AvgIpc) is 3.35. The molecule has 1 amide bonds. The van der Waals surface area contributed by atoms with Crippen molar-refractivity contribution in [2.45, 2.75) is 38.6 Å². The highest BCUT2D eigenvalue weighted by molar-refractivity contribution is 7.18. The Labute approximate surface area is 167 Å². The van der Waals surface area contributed by atoms with Crippen LogP contribution in [0, 0.1) is 6.92 Å². The Morgan fingerprint density at radius 3 is 2.63 bits per heavy atom. The maximum Gasteiger partial charge on any atom is 0.260 e. The van der Waals surface area contributed by atoms with Crippen molar-refractivity contribution in [3.63, 3.8) is 0 Å². The second-order valence-electron chi connectivity index (χ2n) is 6.88. The van der Waals surface area contributed by atoms with Crippen LogP contribution in [0.3, 0.4) is 0 Å². The van der Waals surface area contributed by atoms with E-state index in [1.54, 1.807) is 24.3 Å². The van der Waals surface area contributed by atoms with Crippen molar-refractivity contribution in [1.82, 2.24) is 10.2 Å². The monoisotopic (exact) mass is 397 g/mol. The number of aromatic nitrogens is 2. The molecule has 0 aliphatic heterocycles. The molecule has 0 bridgehead atoms. The van der Waals surface area contributed by atoms with Gasteiger partial charge >= 0.3 is 0 Å². The van der Waals surface area contributed by atoms with Crippen LogP contribution in [0.5, 0.6) is 0 Å². The van der Waals surface area contributed by atoms with Crippen LogP contribution < -0.4 is 4.90 Å². The fourth-order valence-electron chi connectivity index (χ4n) is 3.54. The Morgan fingerprint density at radius 1 is 1.11 bits per heavy atom. The first-order chi connectivity index (χ1) is 13.1. The summed E-state index contributed by atoms with van der Waals surface area (Å²) < 4.78 is 0. The molecule has 27 heavy (non-hydrogen) atoms. The van der Waals surface area contributed by atoms with Gasteiger partial charge in [0.15, 0.2) is 0 Å². The van der Waals surface area contributed by atoms with E-state index in [2.05, 4.69) is 29.3 Å². The highest BCUT2D eigenvalue weighted by Crippen LogP contribution is 2.35. The van der Waals surface area contributed by atoms with Crippen LogP contribution in [0.2, 0.25) is 5.02 Å². The number of hydrogen-bond acceptors (Lipinski definition) is 4. The van der Waals surface area contributed by atoms with Crippen LogP contribution in [-0.4, -0.2) is 22.1 Å². The van der Waals surface area contributed by atoms with Crippen molar-refractivity contribution >= 4 is 34.0 Å². The topological polar surface area (TPSA) is 46.1 Å². The third kappa shape index (κ3) is 3.89. The van der Waals surface area contributed by atoms with Gasteiger partial charge in [0.2, 0.25) is 5.13 Å². The maximum atomic E-state index is 13.3. The lowest BCUT2D eigenvalue weighted by Gasteiger charge is -2.26. The third-order valence-electron chi connectivity index (χ3n) is 4.87. The maximum absolute atomic E-state index is 13.3. The highest BCUT2D eigenvalue weighted by atomic mass is 35.5. The minimum atomic E-state index is -0.0589. The minimum absolute atomic E-state index is 0.0589. The molecule has 4 rings (SSSR count). The number of amides is 1. The zero-order valence-electron chi connectivity index (χ0n) is 15.1. The van der Waals surface area contributed by atoms with Gasteiger partial charge in [-0.1, -0.05) is 65.6 Å².